The molecule has 0 saturated carbocycles. The van der Waals surface area contributed by atoms with Crippen molar-refractivity contribution in [2.24, 2.45) is 0 Å². The molecule has 1 nitrogen and oxygen atoms in total. The Kier molecular flexibility index (Phi) is 2.22. The number of benzene rings is 1. The molecular formula is C8H5IOS2. The molecule has 4 heteroatoms. The van der Waals surface area contributed by atoms with Crippen molar-refractivity contribution in [3.8, 4) is 5.75 Å². The summed E-state index contributed by atoms with van der Waals surface area (Å²) in [7, 11) is 0. The average molecular weight is 308 g/mol. The van der Waals surface area contributed by atoms with E-state index in [1.54, 1.807) is 5.38 Å². The van der Waals surface area contributed by atoms with E-state index < -0.39 is 0 Å². The fourth-order valence-electron chi connectivity index (χ4n) is 1.07. The van der Waals surface area contributed by atoms with E-state index in [9.17, 15) is 5.11 Å². The molecule has 0 amide bonds. The van der Waals surface area contributed by atoms with E-state index in [-0.39, 0.29) is 0 Å². The summed E-state index contributed by atoms with van der Waals surface area (Å²) in [4.78, 5) is 0.933. The number of halogens is 1. The first-order valence-corrected chi connectivity index (χ1v) is 5.68. The fraction of sp³-hybridized carbons (Fsp3) is 0. The summed E-state index contributed by atoms with van der Waals surface area (Å²) in [6.45, 7) is 0. The van der Waals surface area contributed by atoms with E-state index in [0.717, 1.165) is 18.6 Å². The molecule has 2 aromatic rings. The lowest BCUT2D eigenvalue weighted by Gasteiger charge is -1.96. The van der Waals surface area contributed by atoms with Gasteiger partial charge in [0.15, 0.2) is 0 Å². The third kappa shape index (κ3) is 1.31. The second-order valence-electron chi connectivity index (χ2n) is 2.42. The molecule has 1 heterocycles. The van der Waals surface area contributed by atoms with E-state index in [2.05, 4.69) is 35.2 Å². The lowest BCUT2D eigenvalue weighted by Crippen LogP contribution is -1.72. The van der Waals surface area contributed by atoms with Gasteiger partial charge >= 0.3 is 0 Å². The van der Waals surface area contributed by atoms with Gasteiger partial charge in [-0.2, -0.15) is 0 Å². The molecule has 0 spiro atoms. The van der Waals surface area contributed by atoms with Crippen molar-refractivity contribution in [2.45, 2.75) is 4.90 Å². The van der Waals surface area contributed by atoms with Crippen molar-refractivity contribution in [1.82, 2.24) is 0 Å². The molecule has 2 rings (SSSR count). The van der Waals surface area contributed by atoms with Gasteiger partial charge in [0.05, 0.1) is 4.70 Å². The summed E-state index contributed by atoms with van der Waals surface area (Å²) >= 11 is 8.06. The predicted molar refractivity (Wildman–Crippen MR) is 63.5 cm³/mol. The lowest BCUT2D eigenvalue weighted by atomic mass is 10.2. The summed E-state index contributed by atoms with van der Waals surface area (Å²) in [6.07, 6.45) is 0. The molecule has 0 saturated heterocycles. The average Bonchev–Trinajstić information content (AvgIpc) is 2.33. The molecule has 1 N–H and O–H groups in total. The Hall–Kier alpha value is 0.0600. The zero-order valence-corrected chi connectivity index (χ0v) is 9.78. The first-order valence-electron chi connectivity index (χ1n) is 3.27. The van der Waals surface area contributed by atoms with E-state index in [1.807, 2.05) is 12.1 Å². The topological polar surface area (TPSA) is 20.2 Å². The van der Waals surface area contributed by atoms with Crippen LogP contribution in [0.4, 0.5) is 0 Å². The highest BCUT2D eigenvalue weighted by Crippen LogP contribution is 2.36. The molecule has 12 heavy (non-hydrogen) atoms. The van der Waals surface area contributed by atoms with Crippen LogP contribution in [-0.2, 0) is 0 Å². The van der Waals surface area contributed by atoms with Crippen LogP contribution in [-0.4, -0.2) is 5.11 Å². The third-order valence-electron chi connectivity index (χ3n) is 1.60. The molecule has 1 aromatic heterocycles. The molecule has 0 atom stereocenters. The largest absolute Gasteiger partial charge is 0.506 e. The Bertz CT molecular complexity index is 436. The van der Waals surface area contributed by atoms with Gasteiger partial charge in [0, 0.05) is 19.2 Å². The summed E-state index contributed by atoms with van der Waals surface area (Å²) in [5.74, 6) is 0.351. The summed E-state index contributed by atoms with van der Waals surface area (Å²) < 4.78 is 2.15. The van der Waals surface area contributed by atoms with Crippen LogP contribution in [0.1, 0.15) is 0 Å². The van der Waals surface area contributed by atoms with Crippen molar-refractivity contribution in [3.05, 3.63) is 21.1 Å². The summed E-state index contributed by atoms with van der Waals surface area (Å²) in [5, 5.41) is 12.1. The SMILES string of the molecule is Oc1csc2c(S)cc(I)cc12. The molecule has 0 aliphatic carbocycles. The number of thiol groups is 1. The number of aromatic hydroxyl groups is 1. The minimum Gasteiger partial charge on any atom is -0.506 e. The van der Waals surface area contributed by atoms with Crippen LogP contribution in [0.25, 0.3) is 10.1 Å². The van der Waals surface area contributed by atoms with Gasteiger partial charge in [-0.05, 0) is 34.7 Å². The van der Waals surface area contributed by atoms with Gasteiger partial charge in [0.2, 0.25) is 0 Å². The monoisotopic (exact) mass is 308 g/mol. The zero-order chi connectivity index (χ0) is 8.72. The number of fused-ring (bicyclic) bond motifs is 1. The Morgan fingerprint density at radius 1 is 1.42 bits per heavy atom. The number of thiophene rings is 1. The second kappa shape index (κ2) is 3.08. The Labute approximate surface area is 93.0 Å². The van der Waals surface area contributed by atoms with Crippen LogP contribution in [0.2, 0.25) is 0 Å². The number of hydrogen-bond donors (Lipinski definition) is 2. The van der Waals surface area contributed by atoms with Crippen molar-refractivity contribution in [3.63, 3.8) is 0 Å². The molecule has 1 aromatic carbocycles. The van der Waals surface area contributed by atoms with E-state index in [0.29, 0.717) is 5.75 Å². The highest BCUT2D eigenvalue weighted by molar-refractivity contribution is 14.1. The van der Waals surface area contributed by atoms with Gasteiger partial charge in [-0.1, -0.05) is 0 Å². The maximum atomic E-state index is 9.43. The molecule has 0 aliphatic rings. The van der Waals surface area contributed by atoms with Crippen LogP contribution in [0, 0.1) is 3.57 Å². The van der Waals surface area contributed by atoms with Crippen LogP contribution < -0.4 is 0 Å². The number of hydrogen-bond acceptors (Lipinski definition) is 3. The minimum atomic E-state index is 0.351. The van der Waals surface area contributed by atoms with E-state index in [4.69, 9.17) is 0 Å². The van der Waals surface area contributed by atoms with Gasteiger partial charge in [-0.3, -0.25) is 0 Å². The summed E-state index contributed by atoms with van der Waals surface area (Å²) in [5.41, 5.74) is 0. The first kappa shape index (κ1) is 8.65. The van der Waals surface area contributed by atoms with Crippen LogP contribution >= 0.6 is 46.6 Å². The standard InChI is InChI=1S/C8H5IOS2/c9-4-1-5-6(10)3-12-8(5)7(11)2-4/h1-3,10-11H. The lowest BCUT2D eigenvalue weighted by molar-refractivity contribution is 0.483. The zero-order valence-electron chi connectivity index (χ0n) is 5.91. The third-order valence-corrected chi connectivity index (χ3v) is 3.74. The predicted octanol–water partition coefficient (Wildman–Crippen LogP) is 3.50. The molecule has 0 unspecified atom stereocenters. The maximum Gasteiger partial charge on any atom is 0.134 e. The Morgan fingerprint density at radius 2 is 2.17 bits per heavy atom. The molecule has 0 radical (unpaired) electrons. The normalized spacial score (nSPS) is 10.8. The van der Waals surface area contributed by atoms with Gasteiger partial charge in [-0.25, -0.2) is 0 Å². The minimum absolute atomic E-state index is 0.351. The Balaban J connectivity index is 2.92. The van der Waals surface area contributed by atoms with Crippen molar-refractivity contribution in [2.75, 3.05) is 0 Å². The van der Waals surface area contributed by atoms with Gasteiger partial charge in [-0.15, -0.1) is 24.0 Å². The molecule has 62 valence electrons. The summed E-state index contributed by atoms with van der Waals surface area (Å²) in [6, 6.07) is 3.95. The van der Waals surface area contributed by atoms with Crippen LogP contribution in [0.5, 0.6) is 5.75 Å². The smallest absolute Gasteiger partial charge is 0.134 e. The molecular weight excluding hydrogens is 303 g/mol. The first-order chi connectivity index (χ1) is 5.68. The quantitative estimate of drug-likeness (QED) is 0.564. The highest BCUT2D eigenvalue weighted by Gasteiger charge is 2.05. The fourth-order valence-corrected chi connectivity index (χ4v) is 3.18. The Morgan fingerprint density at radius 3 is 2.92 bits per heavy atom. The van der Waals surface area contributed by atoms with Crippen LogP contribution in [0.3, 0.4) is 0 Å². The molecule has 0 aliphatic heterocycles. The second-order valence-corrected chi connectivity index (χ2v) is 5.03. The van der Waals surface area contributed by atoms with Crippen molar-refractivity contribution < 1.29 is 5.11 Å². The molecule has 0 fully saturated rings. The van der Waals surface area contributed by atoms with Crippen molar-refractivity contribution in [1.29, 1.82) is 0 Å². The number of rotatable bonds is 0. The van der Waals surface area contributed by atoms with Gasteiger partial charge in [0.1, 0.15) is 5.75 Å². The van der Waals surface area contributed by atoms with E-state index >= 15 is 0 Å². The van der Waals surface area contributed by atoms with Gasteiger partial charge in [0.25, 0.3) is 0 Å². The van der Waals surface area contributed by atoms with Crippen molar-refractivity contribution >= 4 is 56.6 Å². The molecule has 0 bridgehead atoms. The van der Waals surface area contributed by atoms with Gasteiger partial charge < -0.3 is 5.11 Å². The van der Waals surface area contributed by atoms with E-state index in [1.165, 1.54) is 11.3 Å². The maximum absolute atomic E-state index is 9.43. The highest BCUT2D eigenvalue weighted by atomic mass is 127. The van der Waals surface area contributed by atoms with Crippen LogP contribution in [0.15, 0.2) is 22.4 Å².